The third-order valence-electron chi connectivity index (χ3n) is 0.920. The van der Waals surface area contributed by atoms with Gasteiger partial charge >= 0.3 is 0 Å². The van der Waals surface area contributed by atoms with Crippen LogP contribution in [-0.4, -0.2) is 11.0 Å². The Hall–Kier alpha value is 0.700. The van der Waals surface area contributed by atoms with Crippen molar-refractivity contribution in [3.05, 3.63) is 0 Å². The zero-order valence-electron chi connectivity index (χ0n) is 5.18. The molecule has 0 aromatic rings. The normalized spacial score (nSPS) is 17.6. The maximum Gasteiger partial charge on any atom is -0.0112 e. The van der Waals surface area contributed by atoms with Crippen LogP contribution >= 0.6 is 21.6 Å². The Balaban J connectivity index is 3.14. The zero-order chi connectivity index (χ0) is 5.86. The minimum Gasteiger partial charge on any atom is -0.206 e. The van der Waals surface area contributed by atoms with Crippen molar-refractivity contribution in [1.82, 2.24) is 0 Å². The van der Waals surface area contributed by atoms with Crippen molar-refractivity contribution in [2.45, 2.75) is 26.0 Å². The predicted octanol–water partition coefficient (Wildman–Crippen LogP) is 2.26. The van der Waals surface area contributed by atoms with E-state index in [9.17, 15) is 0 Å². The fraction of sp³-hybridized carbons (Fsp3) is 1.00. The molecule has 0 fully saturated rings. The summed E-state index contributed by atoms with van der Waals surface area (Å²) in [4.78, 5) is 0. The van der Waals surface area contributed by atoms with Crippen molar-refractivity contribution in [3.8, 4) is 0 Å². The Labute approximate surface area is 53.8 Å². The molecule has 0 rings (SSSR count). The molecule has 0 amide bonds. The molecule has 0 radical (unpaired) electrons. The molecule has 0 aliphatic heterocycles. The van der Waals surface area contributed by atoms with E-state index in [4.69, 9.17) is 0 Å². The standard InChI is InChI=1S/C5H14S2/c1-4-7(6)5(2)3/h5-7H,4H2,1-3H3. The van der Waals surface area contributed by atoms with Gasteiger partial charge in [0.15, 0.2) is 0 Å². The van der Waals surface area contributed by atoms with Crippen LogP contribution in [0, 0.1) is 0 Å². The van der Waals surface area contributed by atoms with Gasteiger partial charge in [-0.25, -0.2) is 9.93 Å². The Kier molecular flexibility index (Phi) is 4.04. The Morgan fingerprint density at radius 2 is 2.00 bits per heavy atom. The maximum absolute atomic E-state index is 4.39. The highest BCUT2D eigenvalue weighted by Crippen LogP contribution is 2.34. The van der Waals surface area contributed by atoms with Crippen molar-refractivity contribution < 1.29 is 0 Å². The van der Waals surface area contributed by atoms with Crippen molar-refractivity contribution in [1.29, 1.82) is 0 Å². The summed E-state index contributed by atoms with van der Waals surface area (Å²) < 4.78 is 0. The smallest absolute Gasteiger partial charge is 0.0112 e. The molecule has 46 valence electrons. The minimum absolute atomic E-state index is 0.0571. The van der Waals surface area contributed by atoms with E-state index in [0.29, 0.717) is 0 Å². The van der Waals surface area contributed by atoms with Crippen LogP contribution in [0.1, 0.15) is 20.8 Å². The van der Waals surface area contributed by atoms with Crippen molar-refractivity contribution in [2.24, 2.45) is 0 Å². The minimum atomic E-state index is 0.0571. The van der Waals surface area contributed by atoms with Crippen LogP contribution in [0.15, 0.2) is 0 Å². The Morgan fingerprint density at radius 3 is 2.00 bits per heavy atom. The van der Waals surface area contributed by atoms with Crippen molar-refractivity contribution >= 4 is 21.6 Å². The molecule has 0 N–H and O–H groups in total. The highest BCUT2D eigenvalue weighted by molar-refractivity contribution is 8.78. The average Bonchev–Trinajstić information content (AvgIpc) is 1.65. The van der Waals surface area contributed by atoms with E-state index in [1.165, 1.54) is 5.75 Å². The second-order valence-electron chi connectivity index (χ2n) is 1.85. The monoisotopic (exact) mass is 138 g/mol. The largest absolute Gasteiger partial charge is 0.206 e. The first-order valence-corrected chi connectivity index (χ1v) is 5.39. The number of thiol groups is 2. The molecule has 0 saturated heterocycles. The van der Waals surface area contributed by atoms with Gasteiger partial charge in [-0.1, -0.05) is 20.8 Å². The molecule has 0 saturated carbocycles. The van der Waals surface area contributed by atoms with Gasteiger partial charge in [-0.2, -0.15) is 0 Å². The summed E-state index contributed by atoms with van der Waals surface area (Å²) in [7, 11) is 0.0571. The Morgan fingerprint density at radius 1 is 1.57 bits per heavy atom. The second kappa shape index (κ2) is 3.67. The predicted molar refractivity (Wildman–Crippen MR) is 43.6 cm³/mol. The molecule has 0 heterocycles. The van der Waals surface area contributed by atoms with E-state index in [-0.39, 0.29) is 9.93 Å². The van der Waals surface area contributed by atoms with E-state index >= 15 is 0 Å². The molecule has 1 atom stereocenters. The molecule has 2 heteroatoms. The molecule has 0 bridgehead atoms. The van der Waals surface area contributed by atoms with Gasteiger partial charge in [0.1, 0.15) is 0 Å². The van der Waals surface area contributed by atoms with Gasteiger partial charge in [0, 0.05) is 0 Å². The number of hydrogen-bond donors (Lipinski definition) is 2. The van der Waals surface area contributed by atoms with Crippen LogP contribution in [0.2, 0.25) is 0 Å². The van der Waals surface area contributed by atoms with Gasteiger partial charge < -0.3 is 0 Å². The number of hydrogen-bond acceptors (Lipinski definition) is 1. The van der Waals surface area contributed by atoms with E-state index in [1.807, 2.05) is 0 Å². The number of rotatable bonds is 2. The summed E-state index contributed by atoms with van der Waals surface area (Å²) >= 11 is 4.39. The SMILES string of the molecule is CC[SH](S)C(C)C. The topological polar surface area (TPSA) is 0 Å². The summed E-state index contributed by atoms with van der Waals surface area (Å²) in [5.74, 6) is 1.25. The van der Waals surface area contributed by atoms with Crippen LogP contribution in [-0.2, 0) is 0 Å². The van der Waals surface area contributed by atoms with Gasteiger partial charge in [0.05, 0.1) is 0 Å². The fourth-order valence-corrected chi connectivity index (χ4v) is 1.10. The van der Waals surface area contributed by atoms with Gasteiger partial charge in [-0.15, -0.1) is 11.7 Å². The Bertz CT molecular complexity index is 43.3. The summed E-state index contributed by atoms with van der Waals surface area (Å²) in [5, 5.41) is 0.795. The molecule has 0 aromatic heterocycles. The molecule has 0 aliphatic rings. The second-order valence-corrected chi connectivity index (χ2v) is 5.93. The fourth-order valence-electron chi connectivity index (χ4n) is 0.365. The van der Waals surface area contributed by atoms with Gasteiger partial charge in [0.25, 0.3) is 0 Å². The molecule has 0 nitrogen and oxygen atoms in total. The molecule has 1 unspecified atom stereocenters. The quantitative estimate of drug-likeness (QED) is 0.424. The maximum atomic E-state index is 4.39. The lowest BCUT2D eigenvalue weighted by atomic mass is 10.6. The molecule has 0 aliphatic carbocycles. The van der Waals surface area contributed by atoms with E-state index in [2.05, 4.69) is 32.4 Å². The van der Waals surface area contributed by atoms with Crippen LogP contribution in [0.25, 0.3) is 0 Å². The molecule has 7 heavy (non-hydrogen) atoms. The molecule has 0 spiro atoms. The first-order chi connectivity index (χ1) is 3.18. The summed E-state index contributed by atoms with van der Waals surface area (Å²) in [6.07, 6.45) is 0. The average molecular weight is 138 g/mol. The molecular weight excluding hydrogens is 124 g/mol. The van der Waals surface area contributed by atoms with E-state index in [0.717, 1.165) is 5.25 Å². The van der Waals surface area contributed by atoms with Crippen LogP contribution in [0.5, 0.6) is 0 Å². The van der Waals surface area contributed by atoms with Gasteiger partial charge in [-0.3, -0.25) is 0 Å². The molecule has 0 aromatic carbocycles. The first kappa shape index (κ1) is 7.70. The summed E-state index contributed by atoms with van der Waals surface area (Å²) in [6, 6.07) is 0. The van der Waals surface area contributed by atoms with Crippen LogP contribution in [0.3, 0.4) is 0 Å². The third-order valence-corrected chi connectivity index (χ3v) is 4.99. The summed E-state index contributed by atoms with van der Waals surface area (Å²) in [6.45, 7) is 6.64. The van der Waals surface area contributed by atoms with Gasteiger partial charge in [-0.05, 0) is 11.0 Å². The van der Waals surface area contributed by atoms with Crippen LogP contribution in [0.4, 0.5) is 0 Å². The zero-order valence-corrected chi connectivity index (χ0v) is 6.97. The van der Waals surface area contributed by atoms with E-state index < -0.39 is 0 Å². The highest BCUT2D eigenvalue weighted by atomic mass is 33.1. The lowest BCUT2D eigenvalue weighted by Crippen LogP contribution is -1.91. The van der Waals surface area contributed by atoms with Crippen molar-refractivity contribution in [2.75, 3.05) is 5.75 Å². The van der Waals surface area contributed by atoms with Crippen molar-refractivity contribution in [3.63, 3.8) is 0 Å². The highest BCUT2D eigenvalue weighted by Gasteiger charge is 1.97. The van der Waals surface area contributed by atoms with Crippen LogP contribution < -0.4 is 0 Å². The van der Waals surface area contributed by atoms with Gasteiger partial charge in [0.2, 0.25) is 0 Å². The lowest BCUT2D eigenvalue weighted by Gasteiger charge is -2.15. The summed E-state index contributed by atoms with van der Waals surface area (Å²) in [5.41, 5.74) is 0. The van der Waals surface area contributed by atoms with E-state index in [1.54, 1.807) is 0 Å². The molecular formula is C5H14S2. The third kappa shape index (κ3) is 3.30. The first-order valence-electron chi connectivity index (χ1n) is 2.64. The lowest BCUT2D eigenvalue weighted by molar-refractivity contribution is 1.11.